The van der Waals surface area contributed by atoms with Crippen LogP contribution in [0.5, 0.6) is 0 Å². The molecule has 21 heavy (non-hydrogen) atoms. The molecule has 1 amide bonds. The van der Waals surface area contributed by atoms with Gasteiger partial charge in [-0.15, -0.1) is 0 Å². The Morgan fingerprint density at radius 3 is 2.48 bits per heavy atom. The van der Waals surface area contributed by atoms with E-state index in [0.717, 1.165) is 24.5 Å². The van der Waals surface area contributed by atoms with Gasteiger partial charge in [-0.25, -0.2) is 9.78 Å². The maximum atomic E-state index is 12.0. The third-order valence-corrected chi connectivity index (χ3v) is 3.31. The molecular weight excluding hydrogens is 265 g/mol. The largest absolute Gasteiger partial charge is 0.444 e. The zero-order valence-electron chi connectivity index (χ0n) is 13.3. The minimum atomic E-state index is -0.443. The quantitative estimate of drug-likeness (QED) is 0.774. The first-order valence-corrected chi connectivity index (χ1v) is 7.38. The molecule has 1 radical (unpaired) electrons. The molecule has 0 saturated carbocycles. The third kappa shape index (κ3) is 4.38. The van der Waals surface area contributed by atoms with Gasteiger partial charge in [-0.2, -0.15) is 0 Å². The van der Waals surface area contributed by atoms with Gasteiger partial charge in [-0.1, -0.05) is 19.0 Å². The summed E-state index contributed by atoms with van der Waals surface area (Å²) < 4.78 is 5.40. The van der Waals surface area contributed by atoms with Gasteiger partial charge in [0.1, 0.15) is 11.4 Å². The highest BCUT2D eigenvalue weighted by Gasteiger charge is 2.26. The van der Waals surface area contributed by atoms with Crippen molar-refractivity contribution in [3.05, 3.63) is 18.2 Å². The maximum absolute atomic E-state index is 12.0. The lowest BCUT2D eigenvalue weighted by Crippen LogP contribution is -2.50. The number of carbonyl (C=O) groups is 1. The van der Waals surface area contributed by atoms with Crippen molar-refractivity contribution in [2.75, 3.05) is 31.1 Å². The highest BCUT2D eigenvalue weighted by atomic mass is 16.6. The number of anilines is 1. The number of nitrogens with zero attached hydrogens (tertiary/aromatic N) is 3. The van der Waals surface area contributed by atoms with E-state index in [-0.39, 0.29) is 6.09 Å². The van der Waals surface area contributed by atoms with Crippen LogP contribution in [0.3, 0.4) is 0 Å². The molecule has 113 valence electrons. The van der Waals surface area contributed by atoms with E-state index >= 15 is 0 Å². The van der Waals surface area contributed by atoms with Crippen molar-refractivity contribution in [2.24, 2.45) is 0 Å². The molecule has 0 atom stereocenters. The lowest BCUT2D eigenvalue weighted by molar-refractivity contribution is 0.0240. The number of pyridine rings is 1. The van der Waals surface area contributed by atoms with E-state index in [9.17, 15) is 4.79 Å². The summed E-state index contributed by atoms with van der Waals surface area (Å²) in [5.74, 6) is 0.967. The van der Waals surface area contributed by atoms with Gasteiger partial charge in [0.15, 0.2) is 7.28 Å². The second-order valence-corrected chi connectivity index (χ2v) is 6.16. The average Bonchev–Trinajstić information content (AvgIpc) is 2.46. The van der Waals surface area contributed by atoms with E-state index < -0.39 is 5.60 Å². The summed E-state index contributed by atoms with van der Waals surface area (Å²) in [6, 6.07) is 6.01. The van der Waals surface area contributed by atoms with Crippen molar-refractivity contribution < 1.29 is 9.53 Å². The monoisotopic (exact) mass is 288 g/mol. The smallest absolute Gasteiger partial charge is 0.410 e. The second kappa shape index (κ2) is 6.37. The van der Waals surface area contributed by atoms with Gasteiger partial charge in [0.25, 0.3) is 0 Å². The summed E-state index contributed by atoms with van der Waals surface area (Å²) >= 11 is 0. The number of piperazine rings is 1. The highest BCUT2D eigenvalue weighted by Crippen LogP contribution is 2.15. The van der Waals surface area contributed by atoms with Crippen LogP contribution in [0.4, 0.5) is 10.6 Å². The van der Waals surface area contributed by atoms with Gasteiger partial charge in [0.2, 0.25) is 0 Å². The molecule has 1 aliphatic rings. The van der Waals surface area contributed by atoms with Crippen LogP contribution in [0.15, 0.2) is 18.2 Å². The Kier molecular flexibility index (Phi) is 4.75. The minimum Gasteiger partial charge on any atom is -0.444 e. The molecule has 0 unspecified atom stereocenters. The topological polar surface area (TPSA) is 45.7 Å². The fourth-order valence-electron chi connectivity index (χ4n) is 2.22. The standard InChI is InChI=1S/C15H23BN3O2/c1-15(2,3)21-14(20)19-10-8-18(9-11-19)13-7-5-6-12(16-4)17-13/h5-7H,8-11H2,1-4H3. The van der Waals surface area contributed by atoms with E-state index in [1.54, 1.807) is 4.90 Å². The average molecular weight is 288 g/mol. The molecule has 0 aromatic carbocycles. The van der Waals surface area contributed by atoms with Crippen LogP contribution in [0, 0.1) is 0 Å². The Bertz CT molecular complexity index is 494. The first kappa shape index (κ1) is 15.7. The Hall–Kier alpha value is -1.72. The van der Waals surface area contributed by atoms with Crippen LogP contribution in [-0.4, -0.2) is 55.0 Å². The highest BCUT2D eigenvalue weighted by molar-refractivity contribution is 6.50. The number of aromatic nitrogens is 1. The van der Waals surface area contributed by atoms with Gasteiger partial charge in [0, 0.05) is 26.2 Å². The normalized spacial score (nSPS) is 15.8. The van der Waals surface area contributed by atoms with Crippen molar-refractivity contribution in [1.29, 1.82) is 0 Å². The van der Waals surface area contributed by atoms with Crippen molar-refractivity contribution in [2.45, 2.75) is 33.2 Å². The van der Waals surface area contributed by atoms with Crippen LogP contribution >= 0.6 is 0 Å². The summed E-state index contributed by atoms with van der Waals surface area (Å²) in [5, 5.41) is 0. The summed E-state index contributed by atoms with van der Waals surface area (Å²) in [6.07, 6.45) is -0.231. The number of hydrogen-bond acceptors (Lipinski definition) is 4. The summed E-state index contributed by atoms with van der Waals surface area (Å²) in [4.78, 5) is 20.6. The van der Waals surface area contributed by atoms with Gasteiger partial charge in [-0.05, 0) is 32.4 Å². The SMILES string of the molecule is C[B]c1cccc(N2CCN(C(=O)OC(C)(C)C)CC2)n1. The van der Waals surface area contributed by atoms with E-state index in [4.69, 9.17) is 4.74 Å². The molecule has 5 nitrogen and oxygen atoms in total. The number of carbonyl (C=O) groups excluding carboxylic acids is 1. The first-order chi connectivity index (χ1) is 9.89. The molecule has 0 N–H and O–H groups in total. The molecule has 1 aromatic heterocycles. The first-order valence-electron chi connectivity index (χ1n) is 7.38. The van der Waals surface area contributed by atoms with Gasteiger partial charge in [-0.3, -0.25) is 0 Å². The van der Waals surface area contributed by atoms with Crippen molar-refractivity contribution in [1.82, 2.24) is 9.88 Å². The van der Waals surface area contributed by atoms with E-state index in [1.165, 1.54) is 0 Å². The molecule has 1 aliphatic heterocycles. The molecule has 0 spiro atoms. The second-order valence-electron chi connectivity index (χ2n) is 6.16. The van der Waals surface area contributed by atoms with E-state index in [1.807, 2.05) is 53.1 Å². The van der Waals surface area contributed by atoms with Crippen LogP contribution < -0.4 is 10.5 Å². The van der Waals surface area contributed by atoms with Crippen LogP contribution in [-0.2, 0) is 4.74 Å². The number of ether oxygens (including phenoxy) is 1. The predicted octanol–water partition coefficient (Wildman–Crippen LogP) is 1.52. The minimum absolute atomic E-state index is 0.231. The fraction of sp³-hybridized carbons (Fsp3) is 0.600. The Morgan fingerprint density at radius 2 is 1.90 bits per heavy atom. The van der Waals surface area contributed by atoms with Crippen LogP contribution in [0.1, 0.15) is 20.8 Å². The molecule has 2 heterocycles. The molecule has 0 aliphatic carbocycles. The maximum Gasteiger partial charge on any atom is 0.410 e. The molecule has 0 bridgehead atoms. The number of rotatable bonds is 2. The summed E-state index contributed by atoms with van der Waals surface area (Å²) in [6.45, 7) is 10.5. The lowest BCUT2D eigenvalue weighted by atomic mass is 9.78. The Labute approximate surface area is 127 Å². The molecule has 1 saturated heterocycles. The summed E-state index contributed by atoms with van der Waals surface area (Å²) in [5.41, 5.74) is 0.531. The number of amides is 1. The fourth-order valence-corrected chi connectivity index (χ4v) is 2.22. The molecular formula is C15H23BN3O2. The lowest BCUT2D eigenvalue weighted by Gasteiger charge is -2.36. The predicted molar refractivity (Wildman–Crippen MR) is 85.5 cm³/mol. The van der Waals surface area contributed by atoms with Gasteiger partial charge >= 0.3 is 6.09 Å². The molecule has 6 heteroatoms. The van der Waals surface area contributed by atoms with Crippen LogP contribution in [0.2, 0.25) is 6.82 Å². The summed E-state index contributed by atoms with van der Waals surface area (Å²) in [7, 11) is 1.99. The molecule has 1 aromatic rings. The van der Waals surface area contributed by atoms with E-state index in [0.29, 0.717) is 13.1 Å². The van der Waals surface area contributed by atoms with Crippen molar-refractivity contribution in [3.8, 4) is 0 Å². The van der Waals surface area contributed by atoms with Crippen molar-refractivity contribution in [3.63, 3.8) is 0 Å². The molecule has 1 fully saturated rings. The zero-order valence-corrected chi connectivity index (χ0v) is 13.3. The molecule has 2 rings (SSSR count). The zero-order chi connectivity index (χ0) is 15.5. The Balaban J connectivity index is 1.92. The third-order valence-electron chi connectivity index (χ3n) is 3.31. The van der Waals surface area contributed by atoms with E-state index in [2.05, 4.69) is 9.88 Å². The Morgan fingerprint density at radius 1 is 1.24 bits per heavy atom. The van der Waals surface area contributed by atoms with Crippen molar-refractivity contribution >= 4 is 24.8 Å². The number of hydrogen-bond donors (Lipinski definition) is 0. The van der Waals surface area contributed by atoms with Gasteiger partial charge in [0.05, 0.1) is 0 Å². The van der Waals surface area contributed by atoms with Crippen LogP contribution in [0.25, 0.3) is 0 Å². The van der Waals surface area contributed by atoms with Gasteiger partial charge < -0.3 is 14.5 Å².